The molecule has 3 aliphatic heterocycles. The van der Waals surface area contributed by atoms with Gasteiger partial charge in [0.2, 0.25) is 0 Å². The van der Waals surface area contributed by atoms with E-state index in [0.29, 0.717) is 31.5 Å². The highest BCUT2D eigenvalue weighted by Gasteiger charge is 2.28. The van der Waals surface area contributed by atoms with Gasteiger partial charge in [0.1, 0.15) is 5.82 Å². The molecule has 162 valence electrons. The molecule has 0 aliphatic carbocycles. The van der Waals surface area contributed by atoms with Crippen LogP contribution in [0.25, 0.3) is 0 Å². The fraction of sp³-hybridized carbons (Fsp3) is 0.810. The number of nitrogens with zero attached hydrogens (tertiary/aromatic N) is 3. The van der Waals surface area contributed by atoms with Gasteiger partial charge in [0, 0.05) is 57.5 Å². The highest BCUT2D eigenvalue weighted by molar-refractivity contribution is 5.65. The predicted molar refractivity (Wildman–Crippen MR) is 106 cm³/mol. The van der Waals surface area contributed by atoms with E-state index < -0.39 is 6.09 Å². The SMILES string of the molecule is O=C(O)N1CCC(c2nc(C3CCOCC3)cn2CCOC2CCCCO2)CC1. The second-order valence-electron chi connectivity index (χ2n) is 8.31. The first-order valence-electron chi connectivity index (χ1n) is 11.1. The van der Waals surface area contributed by atoms with E-state index in [0.717, 1.165) is 82.8 Å². The fourth-order valence-electron chi connectivity index (χ4n) is 4.60. The standard InChI is InChI=1S/C21H33N3O5/c25-21(26)23-8-4-17(5-9-23)20-22-18(16-6-12-27-13-7-16)15-24(20)10-14-29-19-3-1-2-11-28-19/h15-17,19H,1-14H2,(H,25,26). The summed E-state index contributed by atoms with van der Waals surface area (Å²) in [6.45, 7) is 4.90. The molecular weight excluding hydrogens is 374 g/mol. The Balaban J connectivity index is 1.42. The Morgan fingerprint density at radius 2 is 1.90 bits per heavy atom. The molecule has 1 amide bonds. The lowest BCUT2D eigenvalue weighted by atomic mass is 9.95. The normalized spacial score (nSPS) is 24.7. The molecule has 0 radical (unpaired) electrons. The summed E-state index contributed by atoms with van der Waals surface area (Å²) in [5.41, 5.74) is 1.15. The molecule has 1 atom stereocenters. The Kier molecular flexibility index (Phi) is 7.05. The summed E-state index contributed by atoms with van der Waals surface area (Å²) in [6, 6.07) is 0. The van der Waals surface area contributed by atoms with Gasteiger partial charge in [-0.3, -0.25) is 0 Å². The number of likely N-dealkylation sites (tertiary alicyclic amines) is 1. The van der Waals surface area contributed by atoms with Crippen LogP contribution in [0.1, 0.15) is 68.3 Å². The molecule has 0 spiro atoms. The number of rotatable bonds is 6. The first-order chi connectivity index (χ1) is 14.2. The van der Waals surface area contributed by atoms with Gasteiger partial charge in [-0.15, -0.1) is 0 Å². The summed E-state index contributed by atoms with van der Waals surface area (Å²) >= 11 is 0. The van der Waals surface area contributed by atoms with Crippen molar-refractivity contribution in [2.24, 2.45) is 0 Å². The van der Waals surface area contributed by atoms with E-state index in [-0.39, 0.29) is 6.29 Å². The molecule has 0 saturated carbocycles. The van der Waals surface area contributed by atoms with Gasteiger partial charge >= 0.3 is 6.09 Å². The van der Waals surface area contributed by atoms with Crippen molar-refractivity contribution >= 4 is 6.09 Å². The Morgan fingerprint density at radius 1 is 1.10 bits per heavy atom. The Hall–Kier alpha value is -1.64. The van der Waals surface area contributed by atoms with Crippen LogP contribution in [-0.2, 0) is 20.8 Å². The highest BCUT2D eigenvalue weighted by atomic mass is 16.7. The summed E-state index contributed by atoms with van der Waals surface area (Å²) in [5.74, 6) is 1.83. The van der Waals surface area contributed by atoms with Crippen LogP contribution < -0.4 is 0 Å². The van der Waals surface area contributed by atoms with E-state index in [4.69, 9.17) is 19.2 Å². The molecule has 1 aromatic rings. The average Bonchev–Trinajstić information content (AvgIpc) is 3.19. The molecule has 1 unspecified atom stereocenters. The van der Waals surface area contributed by atoms with Crippen molar-refractivity contribution in [2.75, 3.05) is 39.5 Å². The Morgan fingerprint density at radius 3 is 2.59 bits per heavy atom. The molecule has 29 heavy (non-hydrogen) atoms. The van der Waals surface area contributed by atoms with Crippen molar-refractivity contribution in [1.82, 2.24) is 14.5 Å². The van der Waals surface area contributed by atoms with Gasteiger partial charge in [-0.1, -0.05) is 0 Å². The van der Waals surface area contributed by atoms with Gasteiger partial charge < -0.3 is 28.8 Å². The monoisotopic (exact) mass is 407 g/mol. The smallest absolute Gasteiger partial charge is 0.407 e. The largest absolute Gasteiger partial charge is 0.465 e. The van der Waals surface area contributed by atoms with E-state index in [1.807, 2.05) is 0 Å². The van der Waals surface area contributed by atoms with Gasteiger partial charge in [0.05, 0.1) is 12.3 Å². The summed E-state index contributed by atoms with van der Waals surface area (Å²) < 4.78 is 19.4. The molecule has 1 aromatic heterocycles. The number of carbonyl (C=O) groups is 1. The zero-order chi connectivity index (χ0) is 20.1. The van der Waals surface area contributed by atoms with Gasteiger partial charge in [0.15, 0.2) is 6.29 Å². The third-order valence-electron chi connectivity index (χ3n) is 6.37. The molecule has 3 fully saturated rings. The molecule has 0 aromatic carbocycles. The summed E-state index contributed by atoms with van der Waals surface area (Å²) in [5, 5.41) is 9.23. The number of ether oxygens (including phenoxy) is 3. The van der Waals surface area contributed by atoms with E-state index in [2.05, 4.69) is 10.8 Å². The molecular formula is C21H33N3O5. The van der Waals surface area contributed by atoms with Crippen LogP contribution in [0.5, 0.6) is 0 Å². The quantitative estimate of drug-likeness (QED) is 0.779. The van der Waals surface area contributed by atoms with Crippen LogP contribution in [0.3, 0.4) is 0 Å². The maximum Gasteiger partial charge on any atom is 0.407 e. The number of imidazole rings is 1. The number of piperidine rings is 1. The van der Waals surface area contributed by atoms with Crippen molar-refractivity contribution in [1.29, 1.82) is 0 Å². The molecule has 8 heteroatoms. The molecule has 3 saturated heterocycles. The van der Waals surface area contributed by atoms with Crippen molar-refractivity contribution in [3.63, 3.8) is 0 Å². The molecule has 0 bridgehead atoms. The van der Waals surface area contributed by atoms with Crippen molar-refractivity contribution in [3.8, 4) is 0 Å². The number of carboxylic acid groups (broad SMARTS) is 1. The van der Waals surface area contributed by atoms with Gasteiger partial charge in [0.25, 0.3) is 0 Å². The maximum atomic E-state index is 11.2. The third-order valence-corrected chi connectivity index (χ3v) is 6.37. The van der Waals surface area contributed by atoms with E-state index in [1.54, 1.807) is 0 Å². The topological polar surface area (TPSA) is 86.1 Å². The lowest BCUT2D eigenvalue weighted by Gasteiger charge is -2.30. The average molecular weight is 408 g/mol. The Labute approximate surface area is 172 Å². The number of hydrogen-bond donors (Lipinski definition) is 1. The molecule has 1 N–H and O–H groups in total. The number of hydrogen-bond acceptors (Lipinski definition) is 5. The van der Waals surface area contributed by atoms with Crippen LogP contribution in [0.2, 0.25) is 0 Å². The minimum absolute atomic E-state index is 0.0792. The van der Waals surface area contributed by atoms with Crippen molar-refractivity contribution in [3.05, 3.63) is 17.7 Å². The van der Waals surface area contributed by atoms with E-state index >= 15 is 0 Å². The summed E-state index contributed by atoms with van der Waals surface area (Å²) in [7, 11) is 0. The minimum atomic E-state index is -0.824. The fourth-order valence-corrected chi connectivity index (χ4v) is 4.60. The maximum absolute atomic E-state index is 11.2. The number of amides is 1. The van der Waals surface area contributed by atoms with Gasteiger partial charge in [-0.25, -0.2) is 9.78 Å². The van der Waals surface area contributed by atoms with E-state index in [1.165, 1.54) is 4.90 Å². The summed E-state index contributed by atoms with van der Waals surface area (Å²) in [4.78, 5) is 17.8. The molecule has 4 rings (SSSR count). The van der Waals surface area contributed by atoms with Crippen LogP contribution in [0.4, 0.5) is 4.79 Å². The molecule has 8 nitrogen and oxygen atoms in total. The van der Waals surface area contributed by atoms with E-state index in [9.17, 15) is 9.90 Å². The van der Waals surface area contributed by atoms with Crippen molar-refractivity contribution < 1.29 is 24.1 Å². The third kappa shape index (κ3) is 5.29. The number of aromatic nitrogens is 2. The first-order valence-corrected chi connectivity index (χ1v) is 11.1. The lowest BCUT2D eigenvalue weighted by Crippen LogP contribution is -2.37. The molecule has 3 aliphatic rings. The second kappa shape index (κ2) is 9.91. The zero-order valence-corrected chi connectivity index (χ0v) is 17.1. The Bertz CT molecular complexity index is 659. The zero-order valence-electron chi connectivity index (χ0n) is 17.1. The molecule has 4 heterocycles. The second-order valence-corrected chi connectivity index (χ2v) is 8.31. The first kappa shape index (κ1) is 20.6. The van der Waals surface area contributed by atoms with Crippen LogP contribution in [0.15, 0.2) is 6.20 Å². The van der Waals surface area contributed by atoms with Crippen LogP contribution >= 0.6 is 0 Å². The van der Waals surface area contributed by atoms with Gasteiger partial charge in [-0.2, -0.15) is 0 Å². The minimum Gasteiger partial charge on any atom is -0.465 e. The highest BCUT2D eigenvalue weighted by Crippen LogP contribution is 2.32. The van der Waals surface area contributed by atoms with Crippen LogP contribution in [0, 0.1) is 0 Å². The van der Waals surface area contributed by atoms with Crippen LogP contribution in [-0.4, -0.2) is 71.5 Å². The lowest BCUT2D eigenvalue weighted by molar-refractivity contribution is -0.163. The summed E-state index contributed by atoms with van der Waals surface area (Å²) in [6.07, 6.45) is 8.22. The predicted octanol–water partition coefficient (Wildman–Crippen LogP) is 3.18. The van der Waals surface area contributed by atoms with Crippen molar-refractivity contribution in [2.45, 2.75) is 69.6 Å². The van der Waals surface area contributed by atoms with Gasteiger partial charge in [-0.05, 0) is 44.9 Å².